The van der Waals surface area contributed by atoms with Gasteiger partial charge in [0, 0.05) is 31.2 Å². The van der Waals surface area contributed by atoms with Gasteiger partial charge in [-0.3, -0.25) is 4.79 Å². The molecule has 0 atom stereocenters. The Kier molecular flexibility index (Phi) is 5.55. The van der Waals surface area contributed by atoms with Crippen LogP contribution in [0.5, 0.6) is 5.75 Å². The molecule has 29 heavy (non-hydrogen) atoms. The van der Waals surface area contributed by atoms with Gasteiger partial charge >= 0.3 is 5.91 Å². The third-order valence-corrected chi connectivity index (χ3v) is 5.45. The van der Waals surface area contributed by atoms with Crippen molar-refractivity contribution in [2.24, 2.45) is 5.18 Å². The van der Waals surface area contributed by atoms with Crippen molar-refractivity contribution in [3.63, 3.8) is 0 Å². The number of carbonyl (C=O) groups excluding carboxylic acids is 1. The number of nitroso groups, excluding NO2 is 1. The fraction of sp³-hybridized carbons (Fsp3) is 0.211. The normalized spacial score (nSPS) is 11.3. The van der Waals surface area contributed by atoms with E-state index in [-0.39, 0.29) is 28.7 Å². The smallest absolute Gasteiger partial charge is 0.300 e. The molecule has 10 heteroatoms. The van der Waals surface area contributed by atoms with Crippen molar-refractivity contribution >= 4 is 38.3 Å². The number of carbonyl (C=O) groups is 1. The molecule has 3 aromatic rings. The minimum atomic E-state index is -4.34. The van der Waals surface area contributed by atoms with Gasteiger partial charge in [0.1, 0.15) is 21.9 Å². The van der Waals surface area contributed by atoms with Crippen molar-refractivity contribution in [1.82, 2.24) is 4.72 Å². The molecular formula is C19H19N3O6S. The van der Waals surface area contributed by atoms with Crippen molar-refractivity contribution in [2.75, 3.05) is 25.6 Å². The minimum absolute atomic E-state index is 0.000399. The zero-order valence-corrected chi connectivity index (χ0v) is 16.8. The molecule has 3 rings (SSSR count). The van der Waals surface area contributed by atoms with Crippen molar-refractivity contribution in [3.05, 3.63) is 53.1 Å². The van der Waals surface area contributed by atoms with E-state index in [4.69, 9.17) is 9.15 Å². The first-order chi connectivity index (χ1) is 13.7. The minimum Gasteiger partial charge on any atom is -0.492 e. The lowest BCUT2D eigenvalue weighted by atomic mass is 10.2. The summed E-state index contributed by atoms with van der Waals surface area (Å²) in [7, 11) is -0.616. The topological polar surface area (TPSA) is 118 Å². The summed E-state index contributed by atoms with van der Waals surface area (Å²) in [6.45, 7) is 1.87. The van der Waals surface area contributed by atoms with Crippen LogP contribution in [0.4, 0.5) is 11.4 Å². The van der Waals surface area contributed by atoms with Gasteiger partial charge in [-0.15, -0.1) is 4.91 Å². The number of furan rings is 1. The summed E-state index contributed by atoms with van der Waals surface area (Å²) in [5.74, 6) is -1.11. The zero-order chi connectivity index (χ0) is 21.2. The van der Waals surface area contributed by atoms with Crippen molar-refractivity contribution in [3.8, 4) is 5.75 Å². The molecule has 2 aromatic carbocycles. The van der Waals surface area contributed by atoms with E-state index in [1.54, 1.807) is 19.1 Å². The Morgan fingerprint density at radius 3 is 2.59 bits per heavy atom. The van der Waals surface area contributed by atoms with Gasteiger partial charge in [-0.2, -0.15) is 0 Å². The van der Waals surface area contributed by atoms with Crippen molar-refractivity contribution < 1.29 is 22.4 Å². The lowest BCUT2D eigenvalue weighted by molar-refractivity contribution is 0.0956. The Morgan fingerprint density at radius 1 is 1.17 bits per heavy atom. The van der Waals surface area contributed by atoms with E-state index in [0.29, 0.717) is 11.0 Å². The molecule has 1 N–H and O–H groups in total. The first kappa shape index (κ1) is 20.3. The number of ether oxygens (including phenoxy) is 1. The highest BCUT2D eigenvalue weighted by molar-refractivity contribution is 7.90. The molecule has 0 saturated heterocycles. The number of fused-ring (bicyclic) bond motifs is 1. The van der Waals surface area contributed by atoms with Gasteiger partial charge in [0.2, 0.25) is 0 Å². The molecule has 0 aliphatic heterocycles. The van der Waals surface area contributed by atoms with Crippen LogP contribution < -0.4 is 14.4 Å². The molecule has 0 bridgehead atoms. The first-order valence-corrected chi connectivity index (χ1v) is 10.1. The van der Waals surface area contributed by atoms with E-state index in [2.05, 4.69) is 5.18 Å². The average molecular weight is 417 g/mol. The molecule has 0 saturated carbocycles. The summed E-state index contributed by atoms with van der Waals surface area (Å²) in [5.41, 5.74) is 1.20. The molecule has 1 amide bonds. The van der Waals surface area contributed by atoms with Gasteiger partial charge < -0.3 is 14.1 Å². The van der Waals surface area contributed by atoms with Gasteiger partial charge in [0.05, 0.1) is 6.61 Å². The lowest BCUT2D eigenvalue weighted by Gasteiger charge is -2.11. The molecule has 0 spiro atoms. The number of nitrogens with zero attached hydrogens (tertiary/aromatic N) is 2. The number of rotatable bonds is 7. The Bertz CT molecular complexity index is 1180. The number of anilines is 1. The molecule has 1 aromatic heterocycles. The Morgan fingerprint density at radius 2 is 1.93 bits per heavy atom. The maximum atomic E-state index is 12.7. The van der Waals surface area contributed by atoms with Gasteiger partial charge in [-0.1, -0.05) is 0 Å². The molecule has 0 radical (unpaired) electrons. The number of hydrogen-bond donors (Lipinski definition) is 1. The highest BCUT2D eigenvalue weighted by Crippen LogP contribution is 2.29. The van der Waals surface area contributed by atoms with Crippen LogP contribution >= 0.6 is 0 Å². The highest BCUT2D eigenvalue weighted by atomic mass is 32.2. The molecule has 0 unspecified atom stereocenters. The van der Waals surface area contributed by atoms with Gasteiger partial charge in [-0.05, 0) is 48.5 Å². The van der Waals surface area contributed by atoms with Gasteiger partial charge in [0.15, 0.2) is 5.76 Å². The van der Waals surface area contributed by atoms with E-state index in [0.717, 1.165) is 11.8 Å². The number of benzene rings is 2. The number of sulfonamides is 1. The second-order valence-electron chi connectivity index (χ2n) is 6.32. The number of amides is 1. The predicted molar refractivity (Wildman–Crippen MR) is 108 cm³/mol. The lowest BCUT2D eigenvalue weighted by Crippen LogP contribution is -2.30. The quantitative estimate of drug-likeness (QED) is 0.585. The number of nitrogens with one attached hydrogen (secondary N) is 1. The molecule has 0 fully saturated rings. The maximum absolute atomic E-state index is 12.7. The Labute approximate surface area is 167 Å². The summed E-state index contributed by atoms with van der Waals surface area (Å²) in [5, 5.41) is 3.38. The van der Waals surface area contributed by atoms with Crippen molar-refractivity contribution in [1.29, 1.82) is 0 Å². The van der Waals surface area contributed by atoms with Crippen LogP contribution in [-0.2, 0) is 10.0 Å². The molecule has 1 heterocycles. The fourth-order valence-electron chi connectivity index (χ4n) is 2.68. The molecule has 152 valence electrons. The SMILES string of the molecule is CCOc1ccc(N=O)cc1S(=O)(=O)NC(=O)c1cc2ccc(N(C)C)cc2o1. The summed E-state index contributed by atoms with van der Waals surface area (Å²) < 4.78 is 38.2. The van der Waals surface area contributed by atoms with Crippen LogP contribution in [0.1, 0.15) is 17.5 Å². The van der Waals surface area contributed by atoms with E-state index in [9.17, 15) is 18.1 Å². The first-order valence-electron chi connectivity index (χ1n) is 8.63. The molecule has 9 nitrogen and oxygen atoms in total. The van der Waals surface area contributed by atoms with Gasteiger partial charge in [0.25, 0.3) is 10.0 Å². The van der Waals surface area contributed by atoms with E-state index < -0.39 is 15.9 Å². The molecule has 0 aliphatic rings. The summed E-state index contributed by atoms with van der Waals surface area (Å²) in [6.07, 6.45) is 0. The fourth-order valence-corrected chi connectivity index (χ4v) is 3.80. The zero-order valence-electron chi connectivity index (χ0n) is 16.0. The van der Waals surface area contributed by atoms with Gasteiger partial charge in [-0.25, -0.2) is 13.1 Å². The second-order valence-corrected chi connectivity index (χ2v) is 7.97. The number of hydrogen-bond acceptors (Lipinski definition) is 8. The monoisotopic (exact) mass is 417 g/mol. The third-order valence-electron chi connectivity index (χ3n) is 4.09. The van der Waals surface area contributed by atoms with E-state index in [1.165, 1.54) is 18.2 Å². The van der Waals surface area contributed by atoms with Crippen LogP contribution in [-0.4, -0.2) is 35.0 Å². The predicted octanol–water partition coefficient (Wildman–Crippen LogP) is 3.41. The van der Waals surface area contributed by atoms with Crippen LogP contribution in [0.2, 0.25) is 0 Å². The summed E-state index contributed by atoms with van der Waals surface area (Å²) in [4.78, 5) is 24.8. The van der Waals surface area contributed by atoms with Crippen LogP contribution in [0.25, 0.3) is 11.0 Å². The molecule has 0 aliphatic carbocycles. The summed E-state index contributed by atoms with van der Waals surface area (Å²) >= 11 is 0. The third kappa shape index (κ3) is 4.21. The summed E-state index contributed by atoms with van der Waals surface area (Å²) in [6, 6.07) is 10.5. The standard InChI is InChI=1S/C19H19N3O6S/c1-4-27-15-8-6-13(20-24)10-18(15)29(25,26)21-19(23)17-9-12-5-7-14(22(2)3)11-16(12)28-17/h5-11H,4H2,1-3H3,(H,21,23). The van der Waals surface area contributed by atoms with E-state index in [1.807, 2.05) is 29.8 Å². The molecular weight excluding hydrogens is 398 g/mol. The maximum Gasteiger partial charge on any atom is 0.300 e. The van der Waals surface area contributed by atoms with Crippen LogP contribution in [0.3, 0.4) is 0 Å². The van der Waals surface area contributed by atoms with E-state index >= 15 is 0 Å². The Balaban J connectivity index is 1.93. The van der Waals surface area contributed by atoms with Crippen LogP contribution in [0, 0.1) is 4.91 Å². The largest absolute Gasteiger partial charge is 0.492 e. The second kappa shape index (κ2) is 7.92. The highest BCUT2D eigenvalue weighted by Gasteiger charge is 2.25. The van der Waals surface area contributed by atoms with Crippen LogP contribution in [0.15, 0.2) is 57.0 Å². The Hall–Kier alpha value is -3.40. The average Bonchev–Trinajstić information content (AvgIpc) is 3.11. The van der Waals surface area contributed by atoms with Crippen molar-refractivity contribution in [2.45, 2.75) is 11.8 Å².